The Labute approximate surface area is 170 Å². The van der Waals surface area contributed by atoms with Crippen LogP contribution in [-0.2, 0) is 0 Å². The van der Waals surface area contributed by atoms with Crippen LogP contribution in [0, 0.1) is 6.92 Å². The first-order valence-electron chi connectivity index (χ1n) is 9.90. The van der Waals surface area contributed by atoms with Gasteiger partial charge in [-0.15, -0.1) is 0 Å². The predicted octanol–water partition coefficient (Wildman–Crippen LogP) is 5.16. The van der Waals surface area contributed by atoms with Crippen molar-refractivity contribution < 1.29 is 0 Å². The van der Waals surface area contributed by atoms with Crippen LogP contribution in [0.1, 0.15) is 42.4 Å². The van der Waals surface area contributed by atoms with Crippen LogP contribution >= 0.6 is 11.8 Å². The molecule has 142 valence electrons. The van der Waals surface area contributed by atoms with Crippen LogP contribution < -0.4 is 0 Å². The first kappa shape index (κ1) is 17.6. The lowest BCUT2D eigenvalue weighted by Crippen LogP contribution is -2.36. The third kappa shape index (κ3) is 2.85. The molecule has 2 aromatic heterocycles. The van der Waals surface area contributed by atoms with E-state index in [9.17, 15) is 0 Å². The highest BCUT2D eigenvalue weighted by Crippen LogP contribution is 2.48. The van der Waals surface area contributed by atoms with E-state index in [4.69, 9.17) is 4.99 Å². The second-order valence-electron chi connectivity index (χ2n) is 7.48. The number of aliphatic imine (C=N–C) groups is 1. The Kier molecular flexibility index (Phi) is 4.47. The van der Waals surface area contributed by atoms with E-state index in [0.717, 1.165) is 17.9 Å². The molecule has 3 aromatic rings. The molecule has 5 rings (SSSR count). The zero-order valence-corrected chi connectivity index (χ0v) is 17.0. The molecule has 1 fully saturated rings. The van der Waals surface area contributed by atoms with Crippen molar-refractivity contribution in [3.63, 3.8) is 0 Å². The molecule has 0 radical (unpaired) electrons. The number of nitrogens with zero attached hydrogens (tertiary/aromatic N) is 4. The average Bonchev–Trinajstić information content (AvgIpc) is 3.43. The molecule has 2 aliphatic heterocycles. The molecule has 2 aliphatic rings. The Bertz CT molecular complexity index is 1010. The van der Waals surface area contributed by atoms with Gasteiger partial charge in [0.2, 0.25) is 0 Å². The summed E-state index contributed by atoms with van der Waals surface area (Å²) in [5.41, 5.74) is 4.79. The van der Waals surface area contributed by atoms with E-state index in [-0.39, 0.29) is 12.1 Å². The van der Waals surface area contributed by atoms with Crippen LogP contribution in [0.4, 0.5) is 0 Å². The number of hydrogen-bond acceptors (Lipinski definition) is 4. The van der Waals surface area contributed by atoms with Gasteiger partial charge in [0, 0.05) is 35.6 Å². The first-order valence-corrected chi connectivity index (χ1v) is 10.9. The van der Waals surface area contributed by atoms with E-state index in [0.29, 0.717) is 6.04 Å². The molecule has 0 bridgehead atoms. The lowest BCUT2D eigenvalue weighted by atomic mass is 9.99. The fourth-order valence-electron chi connectivity index (χ4n) is 4.32. The minimum absolute atomic E-state index is 0.0245. The zero-order valence-electron chi connectivity index (χ0n) is 16.2. The Morgan fingerprint density at radius 3 is 2.82 bits per heavy atom. The van der Waals surface area contributed by atoms with Crippen molar-refractivity contribution in [2.24, 2.45) is 4.99 Å². The summed E-state index contributed by atoms with van der Waals surface area (Å²) in [7, 11) is 0. The van der Waals surface area contributed by atoms with Gasteiger partial charge in [0.1, 0.15) is 12.1 Å². The quantitative estimate of drug-likeness (QED) is 0.619. The Hall–Kier alpha value is -2.53. The molecule has 0 N–H and O–H groups in total. The third-order valence-electron chi connectivity index (χ3n) is 5.69. The number of pyridine rings is 1. The maximum atomic E-state index is 5.14. The standard InChI is InChI=1S/C23H24N4S/c1-3-17-15-28-23-25-21(19-10-4-5-12-24-19)22(27(17)23)20-11-7-13-26(20)18-9-6-8-16(2)14-18/h4-14,17,21-22H,3,15H2,1-2H3/t17-,21+,22+/m0/s1. The van der Waals surface area contributed by atoms with Gasteiger partial charge in [-0.3, -0.25) is 9.98 Å². The number of rotatable bonds is 4. The molecule has 0 spiro atoms. The van der Waals surface area contributed by atoms with Crippen molar-refractivity contribution in [1.29, 1.82) is 0 Å². The second kappa shape index (κ2) is 7.13. The number of amidine groups is 1. The van der Waals surface area contributed by atoms with Crippen LogP contribution in [0.25, 0.3) is 5.69 Å². The van der Waals surface area contributed by atoms with Crippen LogP contribution in [0.3, 0.4) is 0 Å². The lowest BCUT2D eigenvalue weighted by Gasteiger charge is -2.32. The van der Waals surface area contributed by atoms with E-state index in [1.165, 1.54) is 22.1 Å². The van der Waals surface area contributed by atoms with Gasteiger partial charge in [0.05, 0.1) is 5.69 Å². The maximum Gasteiger partial charge on any atom is 0.160 e. The van der Waals surface area contributed by atoms with Gasteiger partial charge >= 0.3 is 0 Å². The molecule has 0 aliphatic carbocycles. The molecule has 1 aromatic carbocycles. The molecule has 28 heavy (non-hydrogen) atoms. The monoisotopic (exact) mass is 388 g/mol. The summed E-state index contributed by atoms with van der Waals surface area (Å²) in [6.07, 6.45) is 5.17. The van der Waals surface area contributed by atoms with E-state index in [2.05, 4.69) is 83.0 Å². The number of benzene rings is 1. The van der Waals surface area contributed by atoms with Gasteiger partial charge in [0.15, 0.2) is 5.17 Å². The van der Waals surface area contributed by atoms with Crippen LogP contribution in [-0.4, -0.2) is 31.4 Å². The topological polar surface area (TPSA) is 33.4 Å². The highest BCUT2D eigenvalue weighted by Gasteiger charge is 2.46. The molecule has 5 heteroatoms. The minimum atomic E-state index is 0.0245. The summed E-state index contributed by atoms with van der Waals surface area (Å²) in [5.74, 6) is 1.12. The number of aromatic nitrogens is 2. The zero-order chi connectivity index (χ0) is 19.1. The summed E-state index contributed by atoms with van der Waals surface area (Å²) < 4.78 is 2.32. The van der Waals surface area contributed by atoms with Crippen molar-refractivity contribution in [1.82, 2.24) is 14.5 Å². The van der Waals surface area contributed by atoms with Gasteiger partial charge in [-0.1, -0.05) is 36.9 Å². The van der Waals surface area contributed by atoms with Crippen molar-refractivity contribution in [2.75, 3.05) is 5.75 Å². The largest absolute Gasteiger partial charge is 0.337 e. The normalized spacial score (nSPS) is 23.7. The SMILES string of the molecule is CC[C@H]1CSC2=N[C@H](c3ccccn3)[C@@H](c3cccn3-c3cccc(C)c3)N21. The number of hydrogen-bond donors (Lipinski definition) is 0. The second-order valence-corrected chi connectivity index (χ2v) is 8.47. The summed E-state index contributed by atoms with van der Waals surface area (Å²) in [5, 5.41) is 1.17. The van der Waals surface area contributed by atoms with E-state index < -0.39 is 0 Å². The molecule has 4 heterocycles. The summed E-state index contributed by atoms with van der Waals surface area (Å²) >= 11 is 1.89. The van der Waals surface area contributed by atoms with Gasteiger partial charge in [-0.05, 0) is 55.3 Å². The fraction of sp³-hybridized carbons (Fsp3) is 0.304. The molecule has 0 unspecified atom stereocenters. The Morgan fingerprint density at radius 2 is 2.04 bits per heavy atom. The Morgan fingerprint density at radius 1 is 1.11 bits per heavy atom. The predicted molar refractivity (Wildman–Crippen MR) is 116 cm³/mol. The molecular formula is C23H24N4S. The van der Waals surface area contributed by atoms with E-state index in [1.54, 1.807) is 0 Å². The average molecular weight is 389 g/mol. The highest BCUT2D eigenvalue weighted by molar-refractivity contribution is 8.14. The van der Waals surface area contributed by atoms with Gasteiger partial charge in [0.25, 0.3) is 0 Å². The first-order chi connectivity index (χ1) is 13.8. The van der Waals surface area contributed by atoms with Crippen LogP contribution in [0.2, 0.25) is 0 Å². The highest BCUT2D eigenvalue weighted by atomic mass is 32.2. The van der Waals surface area contributed by atoms with Crippen molar-refractivity contribution in [3.8, 4) is 5.69 Å². The van der Waals surface area contributed by atoms with Crippen LogP contribution in [0.5, 0.6) is 0 Å². The number of fused-ring (bicyclic) bond motifs is 1. The number of aryl methyl sites for hydroxylation is 1. The lowest BCUT2D eigenvalue weighted by molar-refractivity contribution is 0.249. The summed E-state index contributed by atoms with van der Waals surface area (Å²) in [4.78, 5) is 12.3. The molecule has 3 atom stereocenters. The van der Waals surface area contributed by atoms with Crippen molar-refractivity contribution >= 4 is 16.9 Å². The smallest absolute Gasteiger partial charge is 0.160 e. The third-order valence-corrected chi connectivity index (χ3v) is 6.82. The van der Waals surface area contributed by atoms with E-state index >= 15 is 0 Å². The summed E-state index contributed by atoms with van der Waals surface area (Å²) in [6, 6.07) is 19.9. The molecule has 0 saturated carbocycles. The van der Waals surface area contributed by atoms with Gasteiger partial charge < -0.3 is 9.47 Å². The summed E-state index contributed by atoms with van der Waals surface area (Å²) in [6.45, 7) is 4.42. The number of thioether (sulfide) groups is 1. The van der Waals surface area contributed by atoms with Crippen LogP contribution in [0.15, 0.2) is 72.0 Å². The van der Waals surface area contributed by atoms with Gasteiger partial charge in [-0.2, -0.15) is 0 Å². The fourth-order valence-corrected chi connectivity index (χ4v) is 5.66. The molecule has 4 nitrogen and oxygen atoms in total. The molecule has 0 amide bonds. The molecular weight excluding hydrogens is 364 g/mol. The van der Waals surface area contributed by atoms with Crippen molar-refractivity contribution in [2.45, 2.75) is 38.4 Å². The maximum absolute atomic E-state index is 5.14. The van der Waals surface area contributed by atoms with Gasteiger partial charge in [-0.25, -0.2) is 0 Å². The van der Waals surface area contributed by atoms with E-state index in [1.807, 2.05) is 24.0 Å². The molecule has 1 saturated heterocycles. The van der Waals surface area contributed by atoms with Crippen molar-refractivity contribution in [3.05, 3.63) is 83.9 Å². The minimum Gasteiger partial charge on any atom is -0.337 e. The Balaban J connectivity index is 1.63.